The van der Waals surface area contributed by atoms with Crippen LogP contribution in [0.15, 0.2) is 18.2 Å². The second-order valence-electron chi connectivity index (χ2n) is 7.38. The molecule has 1 N–H and O–H groups in total. The van der Waals surface area contributed by atoms with Crippen molar-refractivity contribution >= 4 is 11.8 Å². The zero-order valence-corrected chi connectivity index (χ0v) is 14.4. The number of hydrogen-bond acceptors (Lipinski definition) is 2. The van der Waals surface area contributed by atoms with Gasteiger partial charge in [-0.3, -0.25) is 14.9 Å². The monoisotopic (exact) mass is 313 g/mol. The summed E-state index contributed by atoms with van der Waals surface area (Å²) in [5.74, 6) is 0.648. The Labute approximate surface area is 138 Å². The third kappa shape index (κ3) is 2.71. The lowest BCUT2D eigenvalue weighted by Gasteiger charge is -2.44. The van der Waals surface area contributed by atoms with E-state index in [1.54, 1.807) is 6.07 Å². The largest absolute Gasteiger partial charge is 0.288 e. The molecule has 2 amide bonds. The number of rotatable bonds is 4. The second-order valence-corrected chi connectivity index (χ2v) is 7.38. The van der Waals surface area contributed by atoms with Crippen LogP contribution < -0.4 is 5.32 Å². The summed E-state index contributed by atoms with van der Waals surface area (Å²) in [7, 11) is 0. The summed E-state index contributed by atoms with van der Waals surface area (Å²) in [6.07, 6.45) is 7.14. The molecular weight excluding hydrogens is 286 g/mol. The molecule has 1 aromatic carbocycles. The van der Waals surface area contributed by atoms with E-state index in [0.717, 1.165) is 18.4 Å². The Bertz CT molecular complexity index is 631. The number of benzene rings is 1. The van der Waals surface area contributed by atoms with Crippen LogP contribution in [0.2, 0.25) is 0 Å². The molecule has 2 aliphatic rings. The van der Waals surface area contributed by atoms with Crippen molar-refractivity contribution in [3.05, 3.63) is 34.9 Å². The molecule has 23 heavy (non-hydrogen) atoms. The van der Waals surface area contributed by atoms with E-state index in [1.807, 2.05) is 6.07 Å². The summed E-state index contributed by atoms with van der Waals surface area (Å²) >= 11 is 0. The van der Waals surface area contributed by atoms with Crippen LogP contribution in [0.1, 0.15) is 91.5 Å². The van der Waals surface area contributed by atoms with Crippen LogP contribution in [0.3, 0.4) is 0 Å². The minimum atomic E-state index is -0.244. The van der Waals surface area contributed by atoms with E-state index in [9.17, 15) is 9.59 Å². The maximum atomic E-state index is 12.3. The highest BCUT2D eigenvalue weighted by atomic mass is 16.2. The van der Waals surface area contributed by atoms with Gasteiger partial charge < -0.3 is 0 Å². The molecule has 1 aromatic rings. The van der Waals surface area contributed by atoms with Crippen LogP contribution in [0.25, 0.3) is 0 Å². The van der Waals surface area contributed by atoms with Crippen molar-refractivity contribution < 1.29 is 9.59 Å². The zero-order chi connectivity index (χ0) is 16.6. The molecule has 0 saturated heterocycles. The lowest BCUT2D eigenvalue weighted by Crippen LogP contribution is -2.32. The highest BCUT2D eigenvalue weighted by molar-refractivity contribution is 6.22. The number of imide groups is 1. The first kappa shape index (κ1) is 16.2. The Kier molecular flexibility index (Phi) is 4.31. The lowest BCUT2D eigenvalue weighted by atomic mass is 9.61. The smallest absolute Gasteiger partial charge is 0.259 e. The van der Waals surface area contributed by atoms with Gasteiger partial charge in [-0.2, -0.15) is 0 Å². The highest BCUT2D eigenvalue weighted by Gasteiger charge is 2.40. The molecule has 0 bridgehead atoms. The highest BCUT2D eigenvalue weighted by Crippen LogP contribution is 2.51. The summed E-state index contributed by atoms with van der Waals surface area (Å²) < 4.78 is 0. The third-order valence-electron chi connectivity index (χ3n) is 6.33. The number of carbonyl (C=O) groups is 2. The van der Waals surface area contributed by atoms with Crippen molar-refractivity contribution in [1.82, 2.24) is 5.32 Å². The molecule has 3 nitrogen and oxygen atoms in total. The first-order valence-electron chi connectivity index (χ1n) is 9.02. The standard InChI is InChI=1S/C20H27NO2/c1-4-13-10-14(12-20(5-2,6-3)11-13)15-8-7-9-16-17(15)19(23)21-18(16)22/h7-9,13-14H,4-6,10-12H2,1-3H3,(H,21,22,23). The summed E-state index contributed by atoms with van der Waals surface area (Å²) in [6, 6.07) is 5.77. The molecular formula is C20H27NO2. The first-order valence-corrected chi connectivity index (χ1v) is 9.02. The van der Waals surface area contributed by atoms with Gasteiger partial charge in [0, 0.05) is 0 Å². The summed E-state index contributed by atoms with van der Waals surface area (Å²) in [5.41, 5.74) is 2.67. The van der Waals surface area contributed by atoms with Gasteiger partial charge >= 0.3 is 0 Å². The van der Waals surface area contributed by atoms with Crippen LogP contribution in [0.4, 0.5) is 0 Å². The third-order valence-corrected chi connectivity index (χ3v) is 6.33. The summed E-state index contributed by atoms with van der Waals surface area (Å²) in [5, 5.41) is 2.46. The maximum absolute atomic E-state index is 12.3. The molecule has 2 unspecified atom stereocenters. The first-order chi connectivity index (χ1) is 11.0. The molecule has 2 atom stereocenters. The summed E-state index contributed by atoms with van der Waals surface area (Å²) in [4.78, 5) is 24.2. The minimum absolute atomic E-state index is 0.210. The fourth-order valence-electron chi connectivity index (χ4n) is 4.75. The zero-order valence-electron chi connectivity index (χ0n) is 14.4. The average molecular weight is 313 g/mol. The minimum Gasteiger partial charge on any atom is -0.288 e. The number of amides is 2. The van der Waals surface area contributed by atoms with Crippen LogP contribution in [0, 0.1) is 11.3 Å². The van der Waals surface area contributed by atoms with Crippen LogP contribution in [-0.4, -0.2) is 11.8 Å². The molecule has 0 radical (unpaired) electrons. The molecule has 0 aromatic heterocycles. The van der Waals surface area contributed by atoms with E-state index in [2.05, 4.69) is 32.2 Å². The van der Waals surface area contributed by atoms with Gasteiger partial charge in [0.25, 0.3) is 11.8 Å². The van der Waals surface area contributed by atoms with Crippen molar-refractivity contribution in [2.75, 3.05) is 0 Å². The van der Waals surface area contributed by atoms with E-state index in [4.69, 9.17) is 0 Å². The molecule has 3 heteroatoms. The Morgan fingerprint density at radius 1 is 1.09 bits per heavy atom. The Morgan fingerprint density at radius 3 is 2.48 bits per heavy atom. The normalized spacial score (nSPS) is 26.0. The van der Waals surface area contributed by atoms with Gasteiger partial charge in [0.05, 0.1) is 11.1 Å². The van der Waals surface area contributed by atoms with E-state index >= 15 is 0 Å². The Balaban J connectivity index is 2.01. The van der Waals surface area contributed by atoms with E-state index < -0.39 is 0 Å². The summed E-state index contributed by atoms with van der Waals surface area (Å²) in [6.45, 7) is 6.86. The lowest BCUT2D eigenvalue weighted by molar-refractivity contribution is 0.0875. The second kappa shape index (κ2) is 6.10. The van der Waals surface area contributed by atoms with Gasteiger partial charge in [-0.15, -0.1) is 0 Å². The molecule has 1 saturated carbocycles. The molecule has 1 aliphatic heterocycles. The topological polar surface area (TPSA) is 46.2 Å². The van der Waals surface area contributed by atoms with E-state index in [1.165, 1.54) is 25.7 Å². The number of hydrogen-bond donors (Lipinski definition) is 1. The Hall–Kier alpha value is -1.64. The molecule has 0 spiro atoms. The SMILES string of the molecule is CCC1CC(c2cccc3c2C(=O)NC3=O)CC(CC)(CC)C1. The van der Waals surface area contributed by atoms with Gasteiger partial charge in [0.1, 0.15) is 0 Å². The molecule has 1 aliphatic carbocycles. The quantitative estimate of drug-likeness (QED) is 0.821. The van der Waals surface area contributed by atoms with Crippen molar-refractivity contribution in [3.8, 4) is 0 Å². The molecule has 124 valence electrons. The number of carbonyl (C=O) groups excluding carboxylic acids is 2. The van der Waals surface area contributed by atoms with Gasteiger partial charge in [0.15, 0.2) is 0 Å². The average Bonchev–Trinajstić information content (AvgIpc) is 2.88. The van der Waals surface area contributed by atoms with E-state index in [0.29, 0.717) is 28.4 Å². The fourth-order valence-corrected chi connectivity index (χ4v) is 4.75. The van der Waals surface area contributed by atoms with Crippen LogP contribution >= 0.6 is 0 Å². The van der Waals surface area contributed by atoms with Crippen molar-refractivity contribution in [2.45, 2.75) is 65.2 Å². The van der Waals surface area contributed by atoms with Gasteiger partial charge in [-0.05, 0) is 48.1 Å². The van der Waals surface area contributed by atoms with Gasteiger partial charge in [-0.25, -0.2) is 0 Å². The van der Waals surface area contributed by atoms with Crippen LogP contribution in [-0.2, 0) is 0 Å². The van der Waals surface area contributed by atoms with Crippen LogP contribution in [0.5, 0.6) is 0 Å². The van der Waals surface area contributed by atoms with E-state index in [-0.39, 0.29) is 11.8 Å². The maximum Gasteiger partial charge on any atom is 0.259 e. The number of nitrogens with one attached hydrogen (secondary N) is 1. The predicted octanol–water partition coefficient (Wildman–Crippen LogP) is 4.67. The van der Waals surface area contributed by atoms with Crippen molar-refractivity contribution in [1.29, 1.82) is 0 Å². The number of fused-ring (bicyclic) bond motifs is 1. The Morgan fingerprint density at radius 2 is 1.83 bits per heavy atom. The molecule has 3 rings (SSSR count). The van der Waals surface area contributed by atoms with Crippen molar-refractivity contribution in [2.24, 2.45) is 11.3 Å². The fraction of sp³-hybridized carbons (Fsp3) is 0.600. The van der Waals surface area contributed by atoms with Gasteiger partial charge in [0.2, 0.25) is 0 Å². The molecule has 1 fully saturated rings. The van der Waals surface area contributed by atoms with Crippen molar-refractivity contribution in [3.63, 3.8) is 0 Å². The predicted molar refractivity (Wildman–Crippen MR) is 91.6 cm³/mol. The van der Waals surface area contributed by atoms with Gasteiger partial charge in [-0.1, -0.05) is 52.2 Å². The molecule has 1 heterocycles.